The van der Waals surface area contributed by atoms with Crippen LogP contribution in [0.15, 0.2) is 0 Å². The van der Waals surface area contributed by atoms with Crippen molar-refractivity contribution in [3.63, 3.8) is 0 Å². The van der Waals surface area contributed by atoms with Crippen LogP contribution in [-0.4, -0.2) is 46.6 Å². The van der Waals surface area contributed by atoms with Gasteiger partial charge in [0, 0.05) is 6.54 Å². The fourth-order valence-electron chi connectivity index (χ4n) is 1.97. The summed E-state index contributed by atoms with van der Waals surface area (Å²) < 4.78 is 43.8. The molecule has 1 heterocycles. The van der Waals surface area contributed by atoms with Crippen LogP contribution in [0, 0.1) is 5.92 Å². The molecule has 0 radical (unpaired) electrons. The predicted molar refractivity (Wildman–Crippen MR) is 62.6 cm³/mol. The quantitative estimate of drug-likeness (QED) is 0.743. The molecule has 0 aliphatic carbocycles. The third kappa shape index (κ3) is 3.52. The van der Waals surface area contributed by atoms with Gasteiger partial charge >= 0.3 is 12.3 Å². The summed E-state index contributed by atoms with van der Waals surface area (Å²) in [4.78, 5) is 12.7. The van der Waals surface area contributed by atoms with Gasteiger partial charge in [-0.1, -0.05) is 6.92 Å². The highest BCUT2D eigenvalue weighted by atomic mass is 19.4. The fourth-order valence-corrected chi connectivity index (χ4v) is 1.97. The van der Waals surface area contributed by atoms with E-state index >= 15 is 0 Å². The zero-order valence-corrected chi connectivity index (χ0v) is 11.5. The molecule has 1 N–H and O–H groups in total. The highest BCUT2D eigenvalue weighted by Gasteiger charge is 2.59. The molecule has 0 aromatic carbocycles. The van der Waals surface area contributed by atoms with Crippen LogP contribution in [0.4, 0.5) is 18.0 Å². The van der Waals surface area contributed by atoms with Gasteiger partial charge in [0.1, 0.15) is 5.60 Å². The Balaban J connectivity index is 2.84. The second-order valence-corrected chi connectivity index (χ2v) is 6.01. The Hall–Kier alpha value is -0.980. The molecule has 0 saturated carbocycles. The first-order valence-corrected chi connectivity index (χ1v) is 6.14. The minimum atomic E-state index is -4.77. The molecule has 4 nitrogen and oxygen atoms in total. The van der Waals surface area contributed by atoms with Crippen molar-refractivity contribution in [2.24, 2.45) is 5.92 Å². The Morgan fingerprint density at radius 3 is 2.32 bits per heavy atom. The number of carbonyl (C=O) groups excluding carboxylic acids is 1. The second kappa shape index (κ2) is 4.85. The minimum absolute atomic E-state index is 0.0786. The molecule has 112 valence electrons. The maximum Gasteiger partial charge on any atom is 0.419 e. The number of hydrogen-bond acceptors (Lipinski definition) is 3. The number of piperidine rings is 1. The maximum atomic E-state index is 12.9. The molecule has 1 aliphatic rings. The van der Waals surface area contributed by atoms with Crippen LogP contribution in [0.5, 0.6) is 0 Å². The number of hydrogen-bond donors (Lipinski definition) is 1. The summed E-state index contributed by atoms with van der Waals surface area (Å²) in [5, 5.41) is 9.82. The smallest absolute Gasteiger partial charge is 0.419 e. The Morgan fingerprint density at radius 1 is 1.37 bits per heavy atom. The Labute approximate surface area is 110 Å². The van der Waals surface area contributed by atoms with Crippen molar-refractivity contribution in [1.29, 1.82) is 0 Å². The summed E-state index contributed by atoms with van der Waals surface area (Å²) in [6.45, 7) is 5.59. The molecule has 2 atom stereocenters. The zero-order chi connectivity index (χ0) is 15.1. The van der Waals surface area contributed by atoms with E-state index in [9.17, 15) is 23.1 Å². The van der Waals surface area contributed by atoms with Crippen molar-refractivity contribution in [3.8, 4) is 0 Å². The number of nitrogens with zero attached hydrogens (tertiary/aromatic N) is 1. The van der Waals surface area contributed by atoms with Gasteiger partial charge in [-0.2, -0.15) is 13.2 Å². The van der Waals surface area contributed by atoms with Gasteiger partial charge in [-0.05, 0) is 33.1 Å². The number of carbonyl (C=O) groups is 1. The largest absolute Gasteiger partial charge is 0.444 e. The molecule has 1 rings (SSSR count). The van der Waals surface area contributed by atoms with Crippen LogP contribution in [0.2, 0.25) is 0 Å². The molecule has 7 heteroatoms. The first-order valence-electron chi connectivity index (χ1n) is 6.14. The van der Waals surface area contributed by atoms with E-state index in [0.29, 0.717) is 0 Å². The topological polar surface area (TPSA) is 49.8 Å². The number of halogens is 3. The van der Waals surface area contributed by atoms with E-state index in [4.69, 9.17) is 4.74 Å². The van der Waals surface area contributed by atoms with Gasteiger partial charge in [-0.15, -0.1) is 0 Å². The Bertz CT molecular complexity index is 351. The number of alkyl halides is 3. The lowest BCUT2D eigenvalue weighted by Crippen LogP contribution is -2.62. The van der Waals surface area contributed by atoms with Gasteiger partial charge in [-0.3, -0.25) is 0 Å². The van der Waals surface area contributed by atoms with Gasteiger partial charge in [0.05, 0.1) is 6.54 Å². The summed E-state index contributed by atoms with van der Waals surface area (Å²) in [5.41, 5.74) is -3.65. The number of likely N-dealkylation sites (tertiary alicyclic amines) is 1. The van der Waals surface area contributed by atoms with Crippen molar-refractivity contribution in [2.45, 2.75) is 51.5 Å². The molecule has 0 bridgehead atoms. The monoisotopic (exact) mass is 283 g/mol. The molecular formula is C12H20F3NO3. The summed E-state index contributed by atoms with van der Waals surface area (Å²) in [7, 11) is 0. The fraction of sp³-hybridized carbons (Fsp3) is 0.917. The molecule has 19 heavy (non-hydrogen) atoms. The number of ether oxygens (including phenoxy) is 1. The lowest BCUT2D eigenvalue weighted by molar-refractivity contribution is -0.288. The number of rotatable bonds is 0. The maximum absolute atomic E-state index is 12.9. The van der Waals surface area contributed by atoms with Crippen LogP contribution in [-0.2, 0) is 4.74 Å². The van der Waals surface area contributed by atoms with Crippen LogP contribution in [0.3, 0.4) is 0 Å². The SMILES string of the molecule is CC1CCN(C(=O)OC(C)(C)C)CC1(O)C(F)(F)F. The molecule has 1 saturated heterocycles. The van der Waals surface area contributed by atoms with Crippen molar-refractivity contribution < 1.29 is 27.8 Å². The van der Waals surface area contributed by atoms with Gasteiger partial charge < -0.3 is 14.7 Å². The standard InChI is InChI=1S/C12H20F3NO3/c1-8-5-6-16(9(17)19-10(2,3)4)7-11(8,18)12(13,14)15/h8,18H,5-7H2,1-4H3. The average molecular weight is 283 g/mol. The van der Waals surface area contributed by atoms with Gasteiger partial charge in [0.2, 0.25) is 0 Å². The van der Waals surface area contributed by atoms with Gasteiger partial charge in [0.25, 0.3) is 0 Å². The lowest BCUT2D eigenvalue weighted by atomic mass is 9.82. The lowest BCUT2D eigenvalue weighted by Gasteiger charge is -2.44. The number of amides is 1. The van der Waals surface area contributed by atoms with Crippen molar-refractivity contribution in [3.05, 3.63) is 0 Å². The molecule has 1 amide bonds. The van der Waals surface area contributed by atoms with Crippen LogP contribution in [0.1, 0.15) is 34.1 Å². The van der Waals surface area contributed by atoms with Crippen molar-refractivity contribution in [1.82, 2.24) is 4.90 Å². The molecular weight excluding hydrogens is 263 g/mol. The Morgan fingerprint density at radius 2 is 1.89 bits per heavy atom. The van der Waals surface area contributed by atoms with E-state index in [1.165, 1.54) is 6.92 Å². The normalized spacial score (nSPS) is 29.3. The van der Waals surface area contributed by atoms with Crippen LogP contribution in [0.25, 0.3) is 0 Å². The molecule has 0 aromatic heterocycles. The van der Waals surface area contributed by atoms with E-state index < -0.39 is 35.9 Å². The summed E-state index contributed by atoms with van der Waals surface area (Å²) in [6.07, 6.45) is -5.52. The van der Waals surface area contributed by atoms with Crippen LogP contribution < -0.4 is 0 Å². The average Bonchev–Trinajstić information content (AvgIpc) is 2.17. The molecule has 1 aliphatic heterocycles. The van der Waals surface area contributed by atoms with Crippen molar-refractivity contribution >= 4 is 6.09 Å². The first kappa shape index (κ1) is 16.1. The highest BCUT2D eigenvalue weighted by Crippen LogP contribution is 2.41. The van der Waals surface area contributed by atoms with Gasteiger partial charge in [0.15, 0.2) is 5.60 Å². The summed E-state index contributed by atoms with van der Waals surface area (Å²) >= 11 is 0. The zero-order valence-electron chi connectivity index (χ0n) is 11.5. The number of aliphatic hydroxyl groups is 1. The summed E-state index contributed by atoms with van der Waals surface area (Å²) in [6, 6.07) is 0. The van der Waals surface area contributed by atoms with Crippen LogP contribution >= 0.6 is 0 Å². The van der Waals surface area contributed by atoms with E-state index in [0.717, 1.165) is 4.90 Å². The van der Waals surface area contributed by atoms with Gasteiger partial charge in [-0.25, -0.2) is 4.79 Å². The second-order valence-electron chi connectivity index (χ2n) is 6.01. The van der Waals surface area contributed by atoms with E-state index in [1.807, 2.05) is 0 Å². The van der Waals surface area contributed by atoms with E-state index in [2.05, 4.69) is 0 Å². The first-order chi connectivity index (χ1) is 8.37. The minimum Gasteiger partial charge on any atom is -0.444 e. The third-order valence-corrected chi connectivity index (χ3v) is 3.22. The third-order valence-electron chi connectivity index (χ3n) is 3.22. The van der Waals surface area contributed by atoms with E-state index in [-0.39, 0.29) is 13.0 Å². The highest BCUT2D eigenvalue weighted by molar-refractivity contribution is 5.68. The number of β-amino-alcohol motifs (C(OH)–C–C–N with tert-alkyl or cyclic N) is 1. The summed E-state index contributed by atoms with van der Waals surface area (Å²) in [5.74, 6) is -0.953. The van der Waals surface area contributed by atoms with E-state index in [1.54, 1.807) is 20.8 Å². The molecule has 2 unspecified atom stereocenters. The van der Waals surface area contributed by atoms with Crippen molar-refractivity contribution in [2.75, 3.05) is 13.1 Å². The molecule has 0 aromatic rings. The molecule has 0 spiro atoms. The molecule has 1 fully saturated rings. The predicted octanol–water partition coefficient (Wildman–Crippen LogP) is 2.56. The Kier molecular flexibility index (Phi) is 4.10.